The van der Waals surface area contributed by atoms with Crippen molar-refractivity contribution < 1.29 is 0 Å². The van der Waals surface area contributed by atoms with E-state index in [0.717, 1.165) is 5.75 Å². The summed E-state index contributed by atoms with van der Waals surface area (Å²) in [6.45, 7) is 6.38. The van der Waals surface area contributed by atoms with Gasteiger partial charge >= 0.3 is 0 Å². The highest BCUT2D eigenvalue weighted by molar-refractivity contribution is 8.13. The molecule has 54 valence electrons. The summed E-state index contributed by atoms with van der Waals surface area (Å²) in [6, 6.07) is 0. The zero-order valence-corrected chi connectivity index (χ0v) is 7.01. The summed E-state index contributed by atoms with van der Waals surface area (Å²) in [4.78, 5) is 0. The van der Waals surface area contributed by atoms with Gasteiger partial charge < -0.3 is 5.73 Å². The third-order valence-corrected chi connectivity index (χ3v) is 1.98. The van der Waals surface area contributed by atoms with Gasteiger partial charge in [0.25, 0.3) is 0 Å². The molecule has 0 aromatic rings. The average Bonchev–Trinajstić information content (AvgIpc) is 1.59. The summed E-state index contributed by atoms with van der Waals surface area (Å²) in [7, 11) is 0. The Labute approximate surface area is 60.7 Å². The number of amidine groups is 1. The van der Waals surface area contributed by atoms with Crippen LogP contribution in [-0.2, 0) is 0 Å². The van der Waals surface area contributed by atoms with Crippen LogP contribution in [0.2, 0.25) is 0 Å². The fourth-order valence-corrected chi connectivity index (χ4v) is 0.883. The van der Waals surface area contributed by atoms with Gasteiger partial charge in [0.1, 0.15) is 0 Å². The molecule has 9 heavy (non-hydrogen) atoms. The Morgan fingerprint density at radius 3 is 2.11 bits per heavy atom. The molecular formula is C6H14N2S. The number of thioether (sulfide) groups is 1. The van der Waals surface area contributed by atoms with E-state index in [-0.39, 0.29) is 10.6 Å². The number of hydrogen-bond donors (Lipinski definition) is 2. The predicted molar refractivity (Wildman–Crippen MR) is 43.8 cm³/mol. The van der Waals surface area contributed by atoms with Gasteiger partial charge in [0.15, 0.2) is 5.17 Å². The van der Waals surface area contributed by atoms with Crippen molar-refractivity contribution in [3.8, 4) is 0 Å². The molecule has 0 heterocycles. The van der Waals surface area contributed by atoms with E-state index in [1.54, 1.807) is 0 Å². The average molecular weight is 146 g/mol. The molecule has 0 spiro atoms. The number of hydrogen-bond acceptors (Lipinski definition) is 2. The Morgan fingerprint density at radius 2 is 2.00 bits per heavy atom. The van der Waals surface area contributed by atoms with E-state index < -0.39 is 0 Å². The van der Waals surface area contributed by atoms with Crippen molar-refractivity contribution in [2.24, 2.45) is 11.1 Å². The molecule has 0 atom stereocenters. The van der Waals surface area contributed by atoms with Gasteiger partial charge in [-0.1, -0.05) is 32.5 Å². The van der Waals surface area contributed by atoms with Crippen molar-refractivity contribution in [3.05, 3.63) is 0 Å². The molecule has 2 nitrogen and oxygen atoms in total. The highest BCUT2D eigenvalue weighted by Crippen LogP contribution is 2.19. The van der Waals surface area contributed by atoms with E-state index in [9.17, 15) is 0 Å². The first kappa shape index (κ1) is 8.82. The molecule has 0 saturated heterocycles. The lowest BCUT2D eigenvalue weighted by Crippen LogP contribution is -2.13. The van der Waals surface area contributed by atoms with Gasteiger partial charge in [0.2, 0.25) is 0 Å². The van der Waals surface area contributed by atoms with Crippen molar-refractivity contribution in [2.75, 3.05) is 5.75 Å². The summed E-state index contributed by atoms with van der Waals surface area (Å²) in [5.74, 6) is 0.919. The summed E-state index contributed by atoms with van der Waals surface area (Å²) >= 11 is 1.40. The first-order chi connectivity index (χ1) is 3.92. The van der Waals surface area contributed by atoms with E-state index >= 15 is 0 Å². The van der Waals surface area contributed by atoms with Crippen LogP contribution in [0.15, 0.2) is 0 Å². The van der Waals surface area contributed by atoms with Crippen LogP contribution in [0.1, 0.15) is 20.8 Å². The molecule has 0 aliphatic carbocycles. The van der Waals surface area contributed by atoms with Crippen LogP contribution in [0.25, 0.3) is 0 Å². The molecule has 0 aromatic heterocycles. The molecule has 0 aliphatic heterocycles. The van der Waals surface area contributed by atoms with E-state index in [0.29, 0.717) is 0 Å². The molecule has 0 fully saturated rings. The maximum atomic E-state index is 6.92. The minimum atomic E-state index is 0.213. The maximum Gasteiger partial charge on any atom is 0.151 e. The summed E-state index contributed by atoms with van der Waals surface area (Å²) in [5.41, 5.74) is 5.42. The summed E-state index contributed by atoms with van der Waals surface area (Å²) in [6.07, 6.45) is 0. The summed E-state index contributed by atoms with van der Waals surface area (Å²) < 4.78 is 0. The lowest BCUT2D eigenvalue weighted by atomic mass is 10.0. The van der Waals surface area contributed by atoms with Gasteiger partial charge in [-0.25, -0.2) is 0 Å². The van der Waals surface area contributed by atoms with Gasteiger partial charge in [0.05, 0.1) is 0 Å². The zero-order chi connectivity index (χ0) is 7.49. The standard InChI is InChI=1S/C6H14N2S/c1-6(2,3)4-9-5(7)8/h4H2,1-3H3,(H3,7,8). The van der Waals surface area contributed by atoms with Crippen LogP contribution in [-0.4, -0.2) is 10.9 Å². The lowest BCUT2D eigenvalue weighted by molar-refractivity contribution is 0.481. The SMILES string of the molecule is CC(C)(C)CSC(=N)N. The third kappa shape index (κ3) is 7.82. The molecule has 0 aliphatic rings. The molecule has 0 radical (unpaired) electrons. The minimum Gasteiger partial charge on any atom is -0.379 e. The smallest absolute Gasteiger partial charge is 0.151 e. The van der Waals surface area contributed by atoms with Crippen LogP contribution in [0, 0.1) is 10.8 Å². The number of nitrogens with two attached hydrogens (primary N) is 1. The number of nitrogens with one attached hydrogen (secondary N) is 1. The zero-order valence-electron chi connectivity index (χ0n) is 6.19. The Kier molecular flexibility index (Phi) is 3.04. The normalized spacial score (nSPS) is 11.4. The van der Waals surface area contributed by atoms with Crippen molar-refractivity contribution >= 4 is 16.9 Å². The second kappa shape index (κ2) is 3.11. The van der Waals surface area contributed by atoms with Gasteiger partial charge in [-0.15, -0.1) is 0 Å². The molecule has 0 amide bonds. The third-order valence-electron chi connectivity index (χ3n) is 0.661. The quantitative estimate of drug-likeness (QED) is 0.436. The van der Waals surface area contributed by atoms with E-state index in [1.165, 1.54) is 11.8 Å². The van der Waals surface area contributed by atoms with Crippen LogP contribution in [0.3, 0.4) is 0 Å². The second-order valence-corrected chi connectivity index (χ2v) is 4.23. The van der Waals surface area contributed by atoms with Crippen molar-refractivity contribution in [1.29, 1.82) is 5.41 Å². The highest BCUT2D eigenvalue weighted by atomic mass is 32.2. The summed E-state index contributed by atoms with van der Waals surface area (Å²) in [5, 5.41) is 7.13. The molecule has 3 heteroatoms. The second-order valence-electron chi connectivity index (χ2n) is 3.21. The van der Waals surface area contributed by atoms with Crippen LogP contribution in [0.5, 0.6) is 0 Å². The fraction of sp³-hybridized carbons (Fsp3) is 0.833. The Bertz CT molecular complexity index is 104. The first-order valence-electron chi connectivity index (χ1n) is 2.89. The largest absolute Gasteiger partial charge is 0.379 e. The molecule has 0 bridgehead atoms. The topological polar surface area (TPSA) is 49.9 Å². The van der Waals surface area contributed by atoms with Gasteiger partial charge in [-0.3, -0.25) is 5.41 Å². The minimum absolute atomic E-state index is 0.213. The Morgan fingerprint density at radius 1 is 1.56 bits per heavy atom. The fourth-order valence-electron chi connectivity index (χ4n) is 0.294. The van der Waals surface area contributed by atoms with Crippen molar-refractivity contribution in [3.63, 3.8) is 0 Å². The van der Waals surface area contributed by atoms with Gasteiger partial charge in [-0.2, -0.15) is 0 Å². The molecule has 0 aromatic carbocycles. The predicted octanol–water partition coefficient (Wildman–Crippen LogP) is 1.66. The van der Waals surface area contributed by atoms with Gasteiger partial charge in [0, 0.05) is 5.75 Å². The molecule has 0 rings (SSSR count). The van der Waals surface area contributed by atoms with Crippen LogP contribution >= 0.6 is 11.8 Å². The van der Waals surface area contributed by atoms with E-state index in [4.69, 9.17) is 11.1 Å². The molecule has 3 N–H and O–H groups in total. The van der Waals surface area contributed by atoms with Crippen molar-refractivity contribution in [2.45, 2.75) is 20.8 Å². The highest BCUT2D eigenvalue weighted by Gasteiger charge is 2.09. The first-order valence-corrected chi connectivity index (χ1v) is 3.87. The van der Waals surface area contributed by atoms with Crippen LogP contribution < -0.4 is 5.73 Å². The molecule has 0 unspecified atom stereocenters. The number of rotatable bonds is 1. The maximum absolute atomic E-state index is 6.92. The van der Waals surface area contributed by atoms with E-state index in [1.807, 2.05) is 0 Å². The van der Waals surface area contributed by atoms with Gasteiger partial charge in [-0.05, 0) is 5.41 Å². The Hall–Kier alpha value is -0.180. The molecular weight excluding hydrogens is 132 g/mol. The van der Waals surface area contributed by atoms with Crippen molar-refractivity contribution in [1.82, 2.24) is 0 Å². The lowest BCUT2D eigenvalue weighted by Gasteiger charge is -2.15. The van der Waals surface area contributed by atoms with E-state index in [2.05, 4.69) is 20.8 Å². The molecule has 0 saturated carbocycles. The Balaban J connectivity index is 3.39. The van der Waals surface area contributed by atoms with Crippen LogP contribution in [0.4, 0.5) is 0 Å². The monoisotopic (exact) mass is 146 g/mol.